The Labute approximate surface area is 221 Å². The van der Waals surface area contributed by atoms with Gasteiger partial charge in [-0.1, -0.05) is 88.4 Å². The summed E-state index contributed by atoms with van der Waals surface area (Å²) in [5, 5.41) is 7.35. The second kappa shape index (κ2) is 8.56. The molecule has 38 heavy (non-hydrogen) atoms. The van der Waals surface area contributed by atoms with Crippen LogP contribution < -0.4 is 0 Å². The van der Waals surface area contributed by atoms with Crippen LogP contribution >= 0.6 is 0 Å². The molecule has 2 heterocycles. The van der Waals surface area contributed by atoms with E-state index < -0.39 is 0 Å². The summed E-state index contributed by atoms with van der Waals surface area (Å²) in [5.41, 5.74) is 6.83. The van der Waals surface area contributed by atoms with E-state index in [2.05, 4.69) is 122 Å². The van der Waals surface area contributed by atoms with E-state index in [9.17, 15) is 0 Å². The minimum atomic E-state index is 0.346. The predicted molar refractivity (Wildman–Crippen MR) is 160 cm³/mol. The molecule has 0 saturated heterocycles. The van der Waals surface area contributed by atoms with E-state index in [1.54, 1.807) is 0 Å². The molecule has 4 heteroatoms. The Morgan fingerprint density at radius 3 is 1.97 bits per heavy atom. The van der Waals surface area contributed by atoms with Crippen LogP contribution in [-0.4, -0.2) is 19.9 Å². The van der Waals surface area contributed by atoms with Crippen molar-refractivity contribution < 1.29 is 0 Å². The number of hydrogen-bond acceptors (Lipinski definition) is 2. The number of imidazole rings is 2. The third-order valence-electron chi connectivity index (χ3n) is 7.66. The summed E-state index contributed by atoms with van der Waals surface area (Å²) in [6.07, 6.45) is 1.94. The molecule has 0 fully saturated rings. The highest BCUT2D eigenvalue weighted by atomic mass is 14.9. The largest absolute Gasteiger partial charge is 0.342 e. The van der Waals surface area contributed by atoms with E-state index in [0.29, 0.717) is 11.8 Å². The molecule has 0 saturated carbocycles. The topological polar surface area (TPSA) is 57.4 Å². The highest BCUT2D eigenvalue weighted by Gasteiger charge is 2.15. The van der Waals surface area contributed by atoms with Gasteiger partial charge in [-0.2, -0.15) is 0 Å². The molecule has 5 aromatic carbocycles. The molecule has 2 N–H and O–H groups in total. The van der Waals surface area contributed by atoms with Crippen molar-refractivity contribution in [3.05, 3.63) is 96.7 Å². The number of aromatic nitrogens is 4. The molecule has 0 unspecified atom stereocenters. The monoisotopic (exact) mass is 494 g/mol. The van der Waals surface area contributed by atoms with E-state index in [4.69, 9.17) is 4.98 Å². The molecule has 0 spiro atoms. The lowest BCUT2D eigenvalue weighted by atomic mass is 9.94. The summed E-state index contributed by atoms with van der Waals surface area (Å²) in [6, 6.07) is 28.8. The number of nitrogens with zero attached hydrogens (tertiary/aromatic N) is 2. The maximum atomic E-state index is 4.98. The summed E-state index contributed by atoms with van der Waals surface area (Å²) in [7, 11) is 0. The summed E-state index contributed by atoms with van der Waals surface area (Å²) < 4.78 is 0. The fourth-order valence-corrected chi connectivity index (χ4v) is 5.51. The second-order valence-electron chi connectivity index (χ2n) is 10.9. The Bertz CT molecular complexity index is 1990. The molecule has 4 nitrogen and oxygen atoms in total. The zero-order valence-electron chi connectivity index (χ0n) is 22.1. The molecule has 2 aromatic heterocycles. The molecule has 0 aliphatic carbocycles. The first-order valence-corrected chi connectivity index (χ1v) is 13.4. The Kier molecular flexibility index (Phi) is 5.12. The zero-order valence-corrected chi connectivity index (χ0v) is 22.1. The van der Waals surface area contributed by atoms with Crippen LogP contribution in [0.4, 0.5) is 0 Å². The lowest BCUT2D eigenvalue weighted by Gasteiger charge is -2.10. The highest BCUT2D eigenvalue weighted by Crippen LogP contribution is 2.37. The van der Waals surface area contributed by atoms with Crippen molar-refractivity contribution in [2.24, 2.45) is 0 Å². The molecule has 0 amide bonds. The van der Waals surface area contributed by atoms with Crippen molar-refractivity contribution in [3.8, 4) is 22.4 Å². The summed E-state index contributed by atoms with van der Waals surface area (Å²) in [4.78, 5) is 16.6. The maximum absolute atomic E-state index is 4.98. The number of aromatic amines is 2. The van der Waals surface area contributed by atoms with Crippen LogP contribution in [0.1, 0.15) is 51.2 Å². The number of fused-ring (bicyclic) bond motifs is 7. The van der Waals surface area contributed by atoms with Gasteiger partial charge in [0.1, 0.15) is 11.6 Å². The molecule has 0 aliphatic heterocycles. The first-order valence-electron chi connectivity index (χ1n) is 13.4. The third kappa shape index (κ3) is 3.59. The first kappa shape index (κ1) is 22.7. The minimum Gasteiger partial charge on any atom is -0.342 e. The average Bonchev–Trinajstić information content (AvgIpc) is 3.61. The average molecular weight is 495 g/mol. The van der Waals surface area contributed by atoms with Gasteiger partial charge in [0.25, 0.3) is 0 Å². The van der Waals surface area contributed by atoms with Crippen LogP contribution in [0.5, 0.6) is 0 Å². The zero-order chi connectivity index (χ0) is 26.0. The summed E-state index contributed by atoms with van der Waals surface area (Å²) in [5.74, 6) is 2.78. The number of nitrogens with one attached hydrogen (secondary N) is 2. The van der Waals surface area contributed by atoms with Crippen molar-refractivity contribution in [2.75, 3.05) is 0 Å². The van der Waals surface area contributed by atoms with Gasteiger partial charge in [-0.05, 0) is 50.9 Å². The Morgan fingerprint density at radius 2 is 1.24 bits per heavy atom. The number of hydrogen-bond donors (Lipinski definition) is 2. The van der Waals surface area contributed by atoms with Crippen molar-refractivity contribution in [2.45, 2.75) is 39.5 Å². The van der Waals surface area contributed by atoms with Gasteiger partial charge in [0.2, 0.25) is 0 Å². The number of rotatable bonds is 4. The normalized spacial score (nSPS) is 12.2. The van der Waals surface area contributed by atoms with E-state index in [1.165, 1.54) is 43.4 Å². The van der Waals surface area contributed by atoms with Crippen LogP contribution in [0.3, 0.4) is 0 Å². The highest BCUT2D eigenvalue weighted by molar-refractivity contribution is 6.23. The molecule has 0 radical (unpaired) electrons. The van der Waals surface area contributed by atoms with Crippen molar-refractivity contribution in [3.63, 3.8) is 0 Å². The SMILES string of the molecule is CC(C)c1ncc(-c2ccc3cc(-c4ccc5c(c4)c4ccccc4c4nc(C(C)C)[nH]c54)ccc3c2)[nH]1. The number of benzene rings is 5. The van der Waals surface area contributed by atoms with Crippen LogP contribution in [-0.2, 0) is 0 Å². The van der Waals surface area contributed by atoms with Gasteiger partial charge in [0.15, 0.2) is 0 Å². The van der Waals surface area contributed by atoms with Crippen LogP contribution in [0.15, 0.2) is 85.1 Å². The van der Waals surface area contributed by atoms with Gasteiger partial charge in [0, 0.05) is 28.2 Å². The summed E-state index contributed by atoms with van der Waals surface area (Å²) in [6.45, 7) is 8.67. The Hall–Kier alpha value is -4.44. The molecule has 7 rings (SSSR count). The lowest BCUT2D eigenvalue weighted by Crippen LogP contribution is -1.89. The Balaban J connectivity index is 1.35. The van der Waals surface area contributed by atoms with Gasteiger partial charge in [-0.3, -0.25) is 0 Å². The quantitative estimate of drug-likeness (QED) is 0.239. The van der Waals surface area contributed by atoms with E-state index >= 15 is 0 Å². The van der Waals surface area contributed by atoms with Gasteiger partial charge in [-0.15, -0.1) is 0 Å². The molecule has 7 aromatic rings. The van der Waals surface area contributed by atoms with Crippen LogP contribution in [0.2, 0.25) is 0 Å². The van der Waals surface area contributed by atoms with E-state index in [1.807, 2.05) is 6.20 Å². The van der Waals surface area contributed by atoms with Crippen LogP contribution in [0.25, 0.3) is 65.7 Å². The third-order valence-corrected chi connectivity index (χ3v) is 7.66. The lowest BCUT2D eigenvalue weighted by molar-refractivity contribution is 0.795. The van der Waals surface area contributed by atoms with Crippen LogP contribution in [0, 0.1) is 0 Å². The fourth-order valence-electron chi connectivity index (χ4n) is 5.51. The van der Waals surface area contributed by atoms with Crippen molar-refractivity contribution in [1.82, 2.24) is 19.9 Å². The Morgan fingerprint density at radius 1 is 0.579 bits per heavy atom. The molecule has 0 atom stereocenters. The molecule has 0 aliphatic rings. The van der Waals surface area contributed by atoms with E-state index in [-0.39, 0.29) is 0 Å². The van der Waals surface area contributed by atoms with Gasteiger partial charge >= 0.3 is 0 Å². The standard InChI is InChI=1S/C34H30N4/c1-19(2)33-35-18-30(36-33)25-12-11-21-15-22(9-10-23(21)16-25)24-13-14-28-29(17-24)26-7-5-6-8-27(26)31-32(28)38-34(37-31)20(3)4/h5-20H,1-4H3,(H,35,36)(H,37,38). The second-order valence-corrected chi connectivity index (χ2v) is 10.9. The smallest absolute Gasteiger partial charge is 0.109 e. The molecular weight excluding hydrogens is 464 g/mol. The first-order chi connectivity index (χ1) is 18.5. The number of H-pyrrole nitrogens is 2. The maximum Gasteiger partial charge on any atom is 0.109 e. The van der Waals surface area contributed by atoms with E-state index in [0.717, 1.165) is 33.9 Å². The van der Waals surface area contributed by atoms with Gasteiger partial charge in [-0.25, -0.2) is 9.97 Å². The van der Waals surface area contributed by atoms with Gasteiger partial charge < -0.3 is 9.97 Å². The fraction of sp³-hybridized carbons (Fsp3) is 0.176. The minimum absolute atomic E-state index is 0.346. The molecule has 0 bridgehead atoms. The summed E-state index contributed by atoms with van der Waals surface area (Å²) >= 11 is 0. The van der Waals surface area contributed by atoms with Gasteiger partial charge in [0.05, 0.1) is 22.9 Å². The molecule has 186 valence electrons. The van der Waals surface area contributed by atoms with Crippen molar-refractivity contribution >= 4 is 43.4 Å². The van der Waals surface area contributed by atoms with Crippen molar-refractivity contribution in [1.29, 1.82) is 0 Å². The predicted octanol–water partition coefficient (Wildman–Crippen LogP) is 9.33. The molecular formula is C34H30N4.